The van der Waals surface area contributed by atoms with Crippen LogP contribution in [0.15, 0.2) is 48.5 Å². The van der Waals surface area contributed by atoms with Gasteiger partial charge in [0.2, 0.25) is 0 Å². The fraction of sp³-hybridized carbons (Fsp3) is 0.440. The van der Waals surface area contributed by atoms with E-state index in [4.69, 9.17) is 4.74 Å². The second-order valence-corrected chi connectivity index (χ2v) is 9.51. The van der Waals surface area contributed by atoms with Crippen LogP contribution in [0, 0.1) is 16.7 Å². The van der Waals surface area contributed by atoms with Crippen molar-refractivity contribution in [1.29, 1.82) is 0 Å². The van der Waals surface area contributed by atoms with Gasteiger partial charge >= 0.3 is 12.1 Å². The molecule has 2 aromatic carbocycles. The van der Waals surface area contributed by atoms with Crippen LogP contribution < -0.4 is 5.32 Å². The number of benzene rings is 2. The summed E-state index contributed by atoms with van der Waals surface area (Å²) in [5.74, 6) is -0.817. The number of carboxylic acids is 1. The Balaban J connectivity index is 1.08. The van der Waals surface area contributed by atoms with Gasteiger partial charge in [0, 0.05) is 12.0 Å². The van der Waals surface area contributed by atoms with Crippen LogP contribution >= 0.6 is 0 Å². The van der Waals surface area contributed by atoms with E-state index in [0.717, 1.165) is 32.1 Å². The molecule has 3 fully saturated rings. The fourth-order valence-electron chi connectivity index (χ4n) is 6.93. The molecule has 5 nitrogen and oxygen atoms in total. The van der Waals surface area contributed by atoms with Crippen molar-refractivity contribution in [2.24, 2.45) is 16.7 Å². The summed E-state index contributed by atoms with van der Waals surface area (Å²) in [7, 11) is 0. The lowest BCUT2D eigenvalue weighted by Gasteiger charge is -2.43. The fourth-order valence-corrected chi connectivity index (χ4v) is 6.93. The van der Waals surface area contributed by atoms with Gasteiger partial charge in [-0.15, -0.1) is 0 Å². The summed E-state index contributed by atoms with van der Waals surface area (Å²) in [6, 6.07) is 16.6. The molecule has 0 bridgehead atoms. The summed E-state index contributed by atoms with van der Waals surface area (Å²) in [6.07, 6.45) is 4.34. The Bertz CT molecular complexity index is 1010. The number of hydrogen-bond donors (Lipinski definition) is 2. The molecule has 30 heavy (non-hydrogen) atoms. The second-order valence-electron chi connectivity index (χ2n) is 9.51. The number of ether oxygens (including phenoxy) is 1. The zero-order valence-corrected chi connectivity index (χ0v) is 16.8. The minimum absolute atomic E-state index is 0.0260. The van der Waals surface area contributed by atoms with Crippen LogP contribution in [0.2, 0.25) is 0 Å². The maximum atomic E-state index is 12.5. The van der Waals surface area contributed by atoms with Gasteiger partial charge in [0.25, 0.3) is 0 Å². The lowest BCUT2D eigenvalue weighted by Crippen LogP contribution is -2.48. The number of fused-ring (bicyclic) bond motifs is 4. The lowest BCUT2D eigenvalue weighted by molar-refractivity contribution is -0.140. The predicted molar refractivity (Wildman–Crippen MR) is 111 cm³/mol. The highest BCUT2D eigenvalue weighted by molar-refractivity contribution is 5.80. The molecule has 0 heterocycles. The summed E-state index contributed by atoms with van der Waals surface area (Å²) >= 11 is 0. The molecule has 1 amide bonds. The van der Waals surface area contributed by atoms with Gasteiger partial charge in [-0.05, 0) is 58.8 Å². The lowest BCUT2D eigenvalue weighted by atomic mass is 9.65. The van der Waals surface area contributed by atoms with Crippen LogP contribution in [-0.2, 0) is 9.53 Å². The molecular weight excluding hydrogens is 378 g/mol. The molecule has 2 aromatic rings. The molecule has 0 saturated heterocycles. The quantitative estimate of drug-likeness (QED) is 0.785. The normalized spacial score (nSPS) is 29.5. The van der Waals surface area contributed by atoms with Crippen LogP contribution in [0.4, 0.5) is 4.79 Å². The minimum Gasteiger partial charge on any atom is -0.481 e. The molecule has 2 spiro atoms. The summed E-state index contributed by atoms with van der Waals surface area (Å²) in [5, 5.41) is 12.6. The molecule has 6 rings (SSSR count). The Labute approximate surface area is 175 Å². The largest absolute Gasteiger partial charge is 0.481 e. The first-order valence-electron chi connectivity index (χ1n) is 10.9. The van der Waals surface area contributed by atoms with Crippen molar-refractivity contribution < 1.29 is 19.4 Å². The molecule has 154 valence electrons. The number of nitrogens with one attached hydrogen (secondary N) is 1. The van der Waals surface area contributed by atoms with Crippen LogP contribution in [0.3, 0.4) is 0 Å². The van der Waals surface area contributed by atoms with E-state index in [0.29, 0.717) is 6.61 Å². The highest BCUT2D eigenvalue weighted by atomic mass is 16.5. The topological polar surface area (TPSA) is 75.6 Å². The first kappa shape index (κ1) is 18.0. The monoisotopic (exact) mass is 403 g/mol. The molecule has 1 unspecified atom stereocenters. The number of aliphatic carboxylic acids is 1. The second kappa shape index (κ2) is 6.10. The maximum Gasteiger partial charge on any atom is 0.407 e. The van der Waals surface area contributed by atoms with Gasteiger partial charge in [-0.2, -0.15) is 0 Å². The summed E-state index contributed by atoms with van der Waals surface area (Å²) in [4.78, 5) is 24.1. The number of carbonyl (C=O) groups excluding carboxylic acids is 1. The van der Waals surface area contributed by atoms with Gasteiger partial charge in [0.15, 0.2) is 0 Å². The van der Waals surface area contributed by atoms with Gasteiger partial charge in [0.1, 0.15) is 6.61 Å². The van der Waals surface area contributed by atoms with E-state index in [2.05, 4.69) is 29.6 Å². The third-order valence-electron chi connectivity index (χ3n) is 8.39. The predicted octanol–water partition coefficient (Wildman–Crippen LogP) is 4.56. The van der Waals surface area contributed by atoms with Gasteiger partial charge in [-0.3, -0.25) is 4.79 Å². The van der Waals surface area contributed by atoms with Crippen LogP contribution in [0.1, 0.15) is 49.1 Å². The Morgan fingerprint density at radius 3 is 2.07 bits per heavy atom. The first-order chi connectivity index (χ1) is 14.6. The van der Waals surface area contributed by atoms with E-state index in [-0.39, 0.29) is 28.7 Å². The summed E-state index contributed by atoms with van der Waals surface area (Å²) in [6.45, 7) is 0.305. The molecule has 0 radical (unpaired) electrons. The van der Waals surface area contributed by atoms with E-state index in [1.165, 1.54) is 22.3 Å². The Hall–Kier alpha value is -2.82. The average molecular weight is 403 g/mol. The highest BCUT2D eigenvalue weighted by Gasteiger charge is 2.83. The number of carboxylic acid groups (broad SMARTS) is 1. The average Bonchev–Trinajstić information content (AvgIpc) is 3.23. The minimum atomic E-state index is -0.658. The molecule has 0 aliphatic heterocycles. The zero-order chi connectivity index (χ0) is 20.5. The first-order valence-corrected chi connectivity index (χ1v) is 10.9. The van der Waals surface area contributed by atoms with E-state index in [1.54, 1.807) is 0 Å². The van der Waals surface area contributed by atoms with Crippen molar-refractivity contribution in [1.82, 2.24) is 5.32 Å². The van der Waals surface area contributed by atoms with Crippen molar-refractivity contribution in [3.63, 3.8) is 0 Å². The van der Waals surface area contributed by atoms with E-state index < -0.39 is 12.1 Å². The molecule has 4 aliphatic rings. The van der Waals surface area contributed by atoms with E-state index in [1.807, 2.05) is 24.3 Å². The van der Waals surface area contributed by atoms with Crippen molar-refractivity contribution in [3.8, 4) is 11.1 Å². The molecule has 2 N–H and O–H groups in total. The summed E-state index contributed by atoms with van der Waals surface area (Å²) in [5.41, 5.74) is 4.77. The van der Waals surface area contributed by atoms with Crippen LogP contribution in [0.5, 0.6) is 0 Å². The molecule has 5 heteroatoms. The highest BCUT2D eigenvalue weighted by Crippen LogP contribution is 2.84. The van der Waals surface area contributed by atoms with E-state index >= 15 is 0 Å². The third kappa shape index (κ3) is 2.23. The smallest absolute Gasteiger partial charge is 0.407 e. The molecule has 1 atom stereocenters. The summed E-state index contributed by atoms with van der Waals surface area (Å²) < 4.78 is 5.63. The van der Waals surface area contributed by atoms with E-state index in [9.17, 15) is 14.7 Å². The number of hydrogen-bond acceptors (Lipinski definition) is 3. The third-order valence-corrected chi connectivity index (χ3v) is 8.39. The maximum absolute atomic E-state index is 12.5. The van der Waals surface area contributed by atoms with Crippen molar-refractivity contribution in [3.05, 3.63) is 59.7 Å². The Morgan fingerprint density at radius 2 is 1.57 bits per heavy atom. The SMILES string of the molecule is O=C(NC1CC2(C1)C(C(=O)O)C21CCC1)OCC1c2ccccc2-c2ccccc21. The van der Waals surface area contributed by atoms with Crippen molar-refractivity contribution >= 4 is 12.1 Å². The van der Waals surface area contributed by atoms with Crippen LogP contribution in [-0.4, -0.2) is 29.8 Å². The standard InChI is InChI=1S/C25H25NO4/c27-22(28)21-24(10-5-11-24)25(21)12-15(13-25)26-23(29)30-14-20-18-8-3-1-6-16(18)17-7-2-4-9-19(17)20/h1-4,6-9,15,20-21H,5,10-14H2,(H,26,29)(H,27,28). The van der Waals surface area contributed by atoms with Crippen molar-refractivity contribution in [2.45, 2.75) is 44.1 Å². The molecule has 3 saturated carbocycles. The van der Waals surface area contributed by atoms with Gasteiger partial charge < -0.3 is 15.2 Å². The number of carbonyl (C=O) groups is 2. The number of amides is 1. The van der Waals surface area contributed by atoms with Gasteiger partial charge in [-0.25, -0.2) is 4.79 Å². The molecular formula is C25H25NO4. The number of alkyl carbamates (subject to hydrolysis) is 1. The zero-order valence-electron chi connectivity index (χ0n) is 16.8. The van der Waals surface area contributed by atoms with Crippen LogP contribution in [0.25, 0.3) is 11.1 Å². The van der Waals surface area contributed by atoms with Gasteiger partial charge in [-0.1, -0.05) is 55.0 Å². The Kier molecular flexibility index (Phi) is 3.66. The molecule has 0 aromatic heterocycles. The Morgan fingerprint density at radius 1 is 0.967 bits per heavy atom. The van der Waals surface area contributed by atoms with Crippen molar-refractivity contribution in [2.75, 3.05) is 6.61 Å². The number of rotatable bonds is 4. The molecule has 4 aliphatic carbocycles. The van der Waals surface area contributed by atoms with Gasteiger partial charge in [0.05, 0.1) is 5.92 Å².